The molecule has 6 nitrogen and oxygen atoms in total. The fourth-order valence-corrected chi connectivity index (χ4v) is 2.11. The van der Waals surface area contributed by atoms with Gasteiger partial charge in [-0.25, -0.2) is 0 Å². The number of benzene rings is 1. The van der Waals surface area contributed by atoms with Crippen LogP contribution in [-0.2, 0) is 0 Å². The molecule has 0 aliphatic rings. The van der Waals surface area contributed by atoms with E-state index in [0.717, 1.165) is 13.1 Å². The summed E-state index contributed by atoms with van der Waals surface area (Å²) >= 11 is 0. The number of nitrogens with one attached hydrogen (secondary N) is 1. The van der Waals surface area contributed by atoms with Crippen molar-refractivity contribution in [2.45, 2.75) is 26.8 Å². The van der Waals surface area contributed by atoms with Gasteiger partial charge in [0.1, 0.15) is 0 Å². The van der Waals surface area contributed by atoms with Gasteiger partial charge in [0, 0.05) is 13.1 Å². The Bertz CT molecular complexity index is 568. The van der Waals surface area contributed by atoms with Gasteiger partial charge in [0.15, 0.2) is 0 Å². The van der Waals surface area contributed by atoms with Crippen LogP contribution in [0.5, 0.6) is 0 Å². The summed E-state index contributed by atoms with van der Waals surface area (Å²) in [5, 5.41) is 3.27. The average molecular weight is 286 g/mol. The van der Waals surface area contributed by atoms with E-state index in [4.69, 9.17) is 5.73 Å². The Morgan fingerprint density at radius 1 is 1.10 bits per heavy atom. The van der Waals surface area contributed by atoms with Gasteiger partial charge < -0.3 is 16.0 Å². The quantitative estimate of drug-likeness (QED) is 0.849. The summed E-state index contributed by atoms with van der Waals surface area (Å²) < 4.78 is 0. The van der Waals surface area contributed by atoms with Crippen LogP contribution in [0.4, 0.5) is 17.8 Å². The van der Waals surface area contributed by atoms with Crippen molar-refractivity contribution in [2.75, 3.05) is 29.0 Å². The molecule has 112 valence electrons. The van der Waals surface area contributed by atoms with E-state index in [2.05, 4.69) is 53.2 Å². The van der Waals surface area contributed by atoms with E-state index >= 15 is 0 Å². The van der Waals surface area contributed by atoms with Crippen LogP contribution in [-0.4, -0.2) is 28.0 Å². The van der Waals surface area contributed by atoms with Crippen molar-refractivity contribution in [3.8, 4) is 0 Å². The Morgan fingerprint density at radius 3 is 2.38 bits per heavy atom. The molecule has 0 saturated heterocycles. The standard InChI is InChI=1S/C15H22N6/c1-4-21(5-2)15-19-13(16)18-14(20-15)17-11(3)12-9-7-6-8-10-12/h6-11H,4-5H2,1-3H3,(H3,16,17,18,19,20). The molecule has 0 amide bonds. The molecule has 2 rings (SSSR count). The monoisotopic (exact) mass is 286 g/mol. The summed E-state index contributed by atoms with van der Waals surface area (Å²) in [7, 11) is 0. The van der Waals surface area contributed by atoms with Gasteiger partial charge in [0.2, 0.25) is 17.8 Å². The predicted octanol–water partition coefficient (Wildman–Crippen LogP) is 2.47. The van der Waals surface area contributed by atoms with Crippen LogP contribution in [0.2, 0.25) is 0 Å². The molecule has 3 N–H and O–H groups in total. The first-order valence-electron chi connectivity index (χ1n) is 7.22. The molecule has 0 spiro atoms. The lowest BCUT2D eigenvalue weighted by atomic mass is 10.1. The third kappa shape index (κ3) is 3.81. The molecule has 2 aromatic rings. The summed E-state index contributed by atoms with van der Waals surface area (Å²) in [6, 6.07) is 10.2. The normalized spacial score (nSPS) is 12.0. The first-order valence-corrected chi connectivity index (χ1v) is 7.22. The maximum atomic E-state index is 5.79. The lowest BCUT2D eigenvalue weighted by Gasteiger charge is -2.20. The first kappa shape index (κ1) is 15.0. The zero-order valence-electron chi connectivity index (χ0n) is 12.7. The van der Waals surface area contributed by atoms with Crippen LogP contribution in [0.25, 0.3) is 0 Å². The molecule has 6 heteroatoms. The largest absolute Gasteiger partial charge is 0.368 e. The van der Waals surface area contributed by atoms with E-state index in [1.54, 1.807) is 0 Å². The molecule has 1 aromatic heterocycles. The van der Waals surface area contributed by atoms with Crippen molar-refractivity contribution in [2.24, 2.45) is 0 Å². The van der Waals surface area contributed by atoms with Gasteiger partial charge in [0.25, 0.3) is 0 Å². The number of hydrogen-bond donors (Lipinski definition) is 2. The fourth-order valence-electron chi connectivity index (χ4n) is 2.11. The van der Waals surface area contributed by atoms with Crippen molar-refractivity contribution in [1.29, 1.82) is 0 Å². The highest BCUT2D eigenvalue weighted by Gasteiger charge is 2.12. The van der Waals surface area contributed by atoms with Gasteiger partial charge in [0.05, 0.1) is 6.04 Å². The highest BCUT2D eigenvalue weighted by Crippen LogP contribution is 2.18. The van der Waals surface area contributed by atoms with Crippen LogP contribution < -0.4 is 16.0 Å². The van der Waals surface area contributed by atoms with Crippen molar-refractivity contribution in [3.05, 3.63) is 35.9 Å². The van der Waals surface area contributed by atoms with Crippen molar-refractivity contribution < 1.29 is 0 Å². The molecule has 21 heavy (non-hydrogen) atoms. The van der Waals surface area contributed by atoms with Gasteiger partial charge in [-0.3, -0.25) is 0 Å². The van der Waals surface area contributed by atoms with Crippen LogP contribution in [0.3, 0.4) is 0 Å². The summed E-state index contributed by atoms with van der Waals surface area (Å²) in [5.41, 5.74) is 6.96. The van der Waals surface area contributed by atoms with E-state index in [9.17, 15) is 0 Å². The Balaban J connectivity index is 2.20. The molecular weight excluding hydrogens is 264 g/mol. The molecule has 1 heterocycles. The number of anilines is 3. The van der Waals surface area contributed by atoms with E-state index in [1.807, 2.05) is 23.1 Å². The molecule has 0 radical (unpaired) electrons. The number of rotatable bonds is 6. The third-order valence-corrected chi connectivity index (χ3v) is 3.33. The first-order chi connectivity index (χ1) is 10.1. The smallest absolute Gasteiger partial charge is 0.231 e. The Labute approximate surface area is 125 Å². The fraction of sp³-hybridized carbons (Fsp3) is 0.400. The second-order valence-corrected chi connectivity index (χ2v) is 4.77. The molecule has 0 bridgehead atoms. The topological polar surface area (TPSA) is 80.0 Å². The minimum atomic E-state index is 0.0950. The number of nitrogen functional groups attached to an aromatic ring is 1. The van der Waals surface area contributed by atoms with Gasteiger partial charge >= 0.3 is 0 Å². The van der Waals surface area contributed by atoms with E-state index in [-0.39, 0.29) is 12.0 Å². The number of aromatic nitrogens is 3. The van der Waals surface area contributed by atoms with Crippen LogP contribution >= 0.6 is 0 Å². The Kier molecular flexibility index (Phi) is 4.92. The van der Waals surface area contributed by atoms with Gasteiger partial charge in [-0.05, 0) is 26.3 Å². The summed E-state index contributed by atoms with van der Waals surface area (Å²) in [4.78, 5) is 14.9. The van der Waals surface area contributed by atoms with E-state index < -0.39 is 0 Å². The number of hydrogen-bond acceptors (Lipinski definition) is 6. The predicted molar refractivity (Wildman–Crippen MR) is 86.3 cm³/mol. The Hall–Kier alpha value is -2.37. The molecule has 0 saturated carbocycles. The molecule has 0 fully saturated rings. The van der Waals surface area contributed by atoms with E-state index in [0.29, 0.717) is 11.9 Å². The molecule has 1 aromatic carbocycles. The SMILES string of the molecule is CCN(CC)c1nc(N)nc(NC(C)c2ccccc2)n1. The van der Waals surface area contributed by atoms with Gasteiger partial charge in [-0.15, -0.1) is 0 Å². The highest BCUT2D eigenvalue weighted by atomic mass is 15.3. The molecule has 1 atom stereocenters. The molecule has 0 aliphatic carbocycles. The second-order valence-electron chi connectivity index (χ2n) is 4.77. The van der Waals surface area contributed by atoms with Gasteiger partial charge in [-0.1, -0.05) is 30.3 Å². The zero-order valence-corrected chi connectivity index (χ0v) is 12.7. The number of nitrogens with zero attached hydrogens (tertiary/aromatic N) is 4. The lowest BCUT2D eigenvalue weighted by molar-refractivity contribution is 0.802. The molecule has 0 aliphatic heterocycles. The summed E-state index contributed by atoms with van der Waals surface area (Å²) in [6.45, 7) is 7.83. The number of nitrogens with two attached hydrogens (primary N) is 1. The van der Waals surface area contributed by atoms with E-state index in [1.165, 1.54) is 5.56 Å². The highest BCUT2D eigenvalue weighted by molar-refractivity contribution is 5.43. The maximum absolute atomic E-state index is 5.79. The summed E-state index contributed by atoms with van der Waals surface area (Å²) in [5.74, 6) is 1.34. The summed E-state index contributed by atoms with van der Waals surface area (Å²) in [6.07, 6.45) is 0. The minimum absolute atomic E-state index is 0.0950. The Morgan fingerprint density at radius 2 is 1.76 bits per heavy atom. The van der Waals surface area contributed by atoms with Crippen LogP contribution in [0.1, 0.15) is 32.4 Å². The van der Waals surface area contributed by atoms with Crippen molar-refractivity contribution in [1.82, 2.24) is 15.0 Å². The molecular formula is C15H22N6. The lowest BCUT2D eigenvalue weighted by Crippen LogP contribution is -2.25. The third-order valence-electron chi connectivity index (χ3n) is 3.33. The van der Waals surface area contributed by atoms with Crippen molar-refractivity contribution in [3.63, 3.8) is 0 Å². The van der Waals surface area contributed by atoms with Crippen LogP contribution in [0.15, 0.2) is 30.3 Å². The second kappa shape index (κ2) is 6.88. The zero-order chi connectivity index (χ0) is 15.2. The minimum Gasteiger partial charge on any atom is -0.368 e. The van der Waals surface area contributed by atoms with Crippen molar-refractivity contribution >= 4 is 17.8 Å². The van der Waals surface area contributed by atoms with Gasteiger partial charge in [-0.2, -0.15) is 15.0 Å². The van der Waals surface area contributed by atoms with Crippen LogP contribution in [0, 0.1) is 0 Å². The average Bonchev–Trinajstić information content (AvgIpc) is 2.49. The maximum Gasteiger partial charge on any atom is 0.231 e. The molecule has 1 unspecified atom stereocenters.